The van der Waals surface area contributed by atoms with Crippen molar-refractivity contribution < 1.29 is 306 Å². The van der Waals surface area contributed by atoms with Gasteiger partial charge in [0, 0.05) is 65.7 Å². The van der Waals surface area contributed by atoms with Crippen LogP contribution in [0.15, 0.2) is 319 Å². The summed E-state index contributed by atoms with van der Waals surface area (Å²) in [5.41, 5.74) is 9.88. The van der Waals surface area contributed by atoms with Crippen molar-refractivity contribution in [3.63, 3.8) is 0 Å². The number of methoxy groups -OCH3 is 1. The van der Waals surface area contributed by atoms with Gasteiger partial charge >= 0.3 is 217 Å². The van der Waals surface area contributed by atoms with Crippen LogP contribution in [-0.4, -0.2) is 112 Å². The number of carbonyl (C=O) groups excluding carboxylic acids is 10. The van der Waals surface area contributed by atoms with Gasteiger partial charge in [0.15, 0.2) is 11.6 Å². The Morgan fingerprint density at radius 3 is 1.25 bits per heavy atom. The summed E-state index contributed by atoms with van der Waals surface area (Å²) in [5.74, 6) is -2.41. The first-order valence-corrected chi connectivity index (χ1v) is 51.3. The van der Waals surface area contributed by atoms with Crippen molar-refractivity contribution in [2.45, 2.75) is 98.2 Å². The van der Waals surface area contributed by atoms with E-state index in [0.29, 0.717) is 37.9 Å². The van der Waals surface area contributed by atoms with Gasteiger partial charge < -0.3 is 64.6 Å². The van der Waals surface area contributed by atoms with Gasteiger partial charge in [-0.15, -0.1) is 23.5 Å². The summed E-state index contributed by atoms with van der Waals surface area (Å²) in [6.45, 7) is -0.694. The molecule has 3 saturated heterocycles. The van der Waals surface area contributed by atoms with Crippen molar-refractivity contribution in [3.8, 4) is 11.5 Å². The Hall–Kier alpha value is -3.17. The number of carbonyl (C=O) groups is 11. The van der Waals surface area contributed by atoms with E-state index in [1.165, 1.54) is 60.7 Å². The number of hydrogen-bond donors (Lipinski definition) is 6. The predicted molar refractivity (Wildman–Crippen MR) is 546 cm³/mol. The SMILES string of the molecule is C.CN(O)CC(=O)O.COC(=O)CC(=O)CC(N)(c1ccsc1)c1cccc(Br)c1.Clc1ccccc1SSc1ccccc1Cl.O=C1CC(=O)NC(c2ccsc2)(c2cccc(Br)c2)C1.O=C1CC(c2ccsc2)(c2cccc(Br)c2)NC(=O)C1Sc1ccccc1Cl.O=C1CC(c2ccsc2)(c2cccc(Oc3ccc(F)cc3)c2)NC(=O)C1Sc1ccccc1Cl.O=CO[O-].O=CO[O-].[H-].[H-].[K+].[K+].[K+].[K+]. The molecule has 3 fully saturated rings. The van der Waals surface area contributed by atoms with Crippen LogP contribution in [0, 0.1) is 5.82 Å². The number of benzene rings is 9. The van der Waals surface area contributed by atoms with Gasteiger partial charge in [-0.2, -0.15) is 50.4 Å². The maximum Gasteiger partial charge on any atom is 1.00 e. The Balaban J connectivity index is 0.000000586. The molecule has 9 aromatic carbocycles. The molecule has 13 aromatic rings. The molecule has 0 radical (unpaired) electrons. The molecule has 141 heavy (non-hydrogen) atoms. The number of Topliss-reactive ketones (excluding diaryl/α,β-unsaturated/α-hetero) is 4. The van der Waals surface area contributed by atoms with Crippen LogP contribution in [0.2, 0.25) is 20.1 Å². The quantitative estimate of drug-likeness (QED) is 0.00589. The fourth-order valence-electron chi connectivity index (χ4n) is 13.7. The molecule has 44 heteroatoms. The molecular weight excluding hydrogens is 2350 g/mol. The van der Waals surface area contributed by atoms with Crippen molar-refractivity contribution in [1.82, 2.24) is 21.0 Å². The molecule has 0 spiro atoms. The number of aliphatic carboxylic acids is 1. The van der Waals surface area contributed by atoms with Gasteiger partial charge in [-0.05, 0) is 233 Å². The number of nitrogens with one attached hydrogen (secondary N) is 3. The van der Waals surface area contributed by atoms with Crippen molar-refractivity contribution in [3.05, 3.63) is 370 Å². The summed E-state index contributed by atoms with van der Waals surface area (Å²) in [6.07, 6.45) is 0.306. The third kappa shape index (κ3) is 39.5. The summed E-state index contributed by atoms with van der Waals surface area (Å²) in [7, 11) is 5.76. The second kappa shape index (κ2) is 66.5. The van der Waals surface area contributed by atoms with Crippen LogP contribution in [0.4, 0.5) is 4.39 Å². The van der Waals surface area contributed by atoms with Gasteiger partial charge in [-0.3, -0.25) is 52.7 Å². The van der Waals surface area contributed by atoms with Crippen molar-refractivity contribution in [2.24, 2.45) is 5.73 Å². The van der Waals surface area contributed by atoms with Gasteiger partial charge in [0.2, 0.25) is 17.7 Å². The zero-order valence-electron chi connectivity index (χ0n) is 77.1. The van der Waals surface area contributed by atoms with Crippen LogP contribution in [0.5, 0.6) is 11.5 Å². The van der Waals surface area contributed by atoms with E-state index in [1.54, 1.807) is 92.8 Å². The Bertz CT molecular complexity index is 6160. The molecule has 24 nitrogen and oxygen atoms in total. The number of ether oxygens (including phenoxy) is 2. The van der Waals surface area contributed by atoms with E-state index in [1.807, 2.05) is 225 Å². The number of amides is 3. The van der Waals surface area contributed by atoms with Crippen LogP contribution in [0.1, 0.15) is 93.3 Å². The third-order valence-electron chi connectivity index (χ3n) is 19.8. The number of nitrogens with two attached hydrogens (primary N) is 1. The first-order valence-electron chi connectivity index (χ1n) is 39.8. The second-order valence-electron chi connectivity index (χ2n) is 29.0. The number of esters is 1. The molecule has 6 unspecified atom stereocenters. The summed E-state index contributed by atoms with van der Waals surface area (Å²) in [5, 5.41) is 59.3. The molecule has 6 atom stereocenters. The van der Waals surface area contributed by atoms with Gasteiger partial charge in [-0.25, -0.2) is 4.39 Å². The average Bonchev–Trinajstić information content (AvgIpc) is 1.74. The first-order chi connectivity index (χ1) is 65.2. The van der Waals surface area contributed by atoms with Gasteiger partial charge in [0.25, 0.3) is 12.9 Å². The average molecular weight is 2440 g/mol. The monoisotopic (exact) mass is 2430 g/mol. The molecule has 3 aliphatic heterocycles. The molecular formula is C97H85Br3Cl4FK4N5O19S8. The largest absolute Gasteiger partial charge is 1.00 e. The number of hydrogen-bond acceptors (Lipinski definition) is 28. The maximum absolute atomic E-state index is 13.4. The van der Waals surface area contributed by atoms with E-state index in [0.717, 1.165) is 94.4 Å². The zero-order valence-corrected chi connectivity index (χ0v) is 102. The second-order valence-corrected chi connectivity index (χ2v) is 41.0. The predicted octanol–water partition coefficient (Wildman–Crippen LogP) is 9.88. The number of thioether (sulfide) groups is 2. The number of carboxylic acid groups (broad SMARTS) is 1. The summed E-state index contributed by atoms with van der Waals surface area (Å²) < 4.78 is 26.4. The van der Waals surface area contributed by atoms with Crippen molar-refractivity contribution in [2.75, 3.05) is 20.7 Å². The smallest absolute Gasteiger partial charge is 1.00 e. The molecule has 0 saturated carbocycles. The Morgan fingerprint density at radius 2 is 0.901 bits per heavy atom. The van der Waals surface area contributed by atoms with Gasteiger partial charge in [0.1, 0.15) is 52.3 Å². The topological polar surface area (TPSA) is 377 Å². The molecule has 3 aliphatic rings. The minimum atomic E-state index is -1.04. The number of thiophene rings is 4. The van der Waals surface area contributed by atoms with E-state index in [2.05, 4.69) is 78.3 Å². The number of piperidine rings is 3. The maximum atomic E-state index is 13.4. The van der Waals surface area contributed by atoms with Crippen LogP contribution >= 0.6 is 185 Å². The standard InChI is InChI=1S/C27H19ClFNO3S2.C21H15BrClNO2S2.C16H16BrNO3S.C15H12BrNO2S.C12H8Cl2S2.C3H7NO3.2CH2O3.CH4.4K.2H/c28-22-6-1-2-7-24(22)35-25-23(31)15-27(30-26(25)32,18-12-13-34-16-18)17-4-3-5-21(14-17)33-20-10-8-19(29)9-11-20;22-15-5-3-4-13(10-15)21(14-8-9-27-12-14)11-17(25)19(20(26)24-21)28-18-7-2-1-6-16(18)23;1-21-15(20)8-14(19)9-16(18,12-5-6-22-10-12)11-3-2-4-13(17)7-11;16-12-3-1-2-10(6-12)15(11-4-5-20-9-11)8-13(18)7-14(19)17-15;13-9-5-1-3-7-11(9)15-16-12-8-4-2-6-10(12)14;1-4(7)2-3(5)6;2*2-1-4-3;;;;;;;/h1-14,16,25H,15H2,(H,30,32);1-10,12,19H,11H2,(H,24,26);2-7,10H,8-9,18H2,1H3;1-6,9H,7-8H2,(H,17,19);1-8H;7H,2H2,1H3,(H,5,6);2*1,3H;1H4;;;;;;/q;;;;;;;;;4*+1;2*-1/p-2. The molecule has 0 bridgehead atoms. The molecule has 0 aliphatic carbocycles. The molecule has 16 rings (SSSR count). The summed E-state index contributed by atoms with van der Waals surface area (Å²) in [4.78, 5) is 136. The molecule has 7 heterocycles. The zero-order chi connectivity index (χ0) is 98.5. The Kier molecular flexibility index (Phi) is 61.4. The van der Waals surface area contributed by atoms with E-state index < -0.39 is 44.6 Å². The Morgan fingerprint density at radius 1 is 0.518 bits per heavy atom. The summed E-state index contributed by atoms with van der Waals surface area (Å²) >= 11 is 43.5. The first kappa shape index (κ1) is 130. The number of carboxylic acids is 1. The summed E-state index contributed by atoms with van der Waals surface area (Å²) in [6, 6.07) is 73.7. The van der Waals surface area contributed by atoms with E-state index >= 15 is 0 Å². The van der Waals surface area contributed by atoms with E-state index in [9.17, 15) is 47.5 Å². The normalized spacial score (nSPS) is 16.6. The fourth-order valence-corrected chi connectivity index (χ4v) is 23.2. The molecule has 720 valence electrons. The minimum absolute atomic E-state index is 0. The number of rotatable bonds is 25. The van der Waals surface area contributed by atoms with E-state index in [-0.39, 0.29) is 314 Å². The molecule has 7 N–H and O–H groups in total. The third-order valence-corrected chi connectivity index (χ3v) is 30.9. The van der Waals surface area contributed by atoms with Crippen molar-refractivity contribution in [1.29, 1.82) is 0 Å². The number of nitrogens with zero attached hydrogens (tertiary/aromatic N) is 1. The van der Waals surface area contributed by atoms with Gasteiger partial charge in [0.05, 0.1) is 55.8 Å². The number of halogens is 8. The van der Waals surface area contributed by atoms with Crippen LogP contribution in [0.25, 0.3) is 0 Å². The van der Waals surface area contributed by atoms with Crippen LogP contribution in [0.3, 0.4) is 0 Å². The fraction of sp³-hybridized carbons (Fsp3) is 0.165. The minimum Gasteiger partial charge on any atom is -1.00 e. The number of likely N-dealkylation sites (N-methyl/N-ethyl adjacent to an activating group) is 1. The van der Waals surface area contributed by atoms with Crippen LogP contribution < -0.4 is 242 Å². The van der Waals surface area contributed by atoms with E-state index in [4.69, 9.17) is 87.3 Å². The van der Waals surface area contributed by atoms with Crippen LogP contribution in [-0.2, 0) is 89.4 Å². The number of ketones is 4. The Labute approximate surface area is 1060 Å². The van der Waals surface area contributed by atoms with Crippen molar-refractivity contribution >= 4 is 250 Å². The number of hydroxylamine groups is 2. The molecule has 3 amide bonds. The molecule has 4 aromatic heterocycles. The van der Waals surface area contributed by atoms with Gasteiger partial charge in [-0.1, -0.05) is 220 Å².